The van der Waals surface area contributed by atoms with Gasteiger partial charge in [-0.3, -0.25) is 4.79 Å². The van der Waals surface area contributed by atoms with Gasteiger partial charge in [0, 0.05) is 5.69 Å². The molecule has 0 bridgehead atoms. The Balaban J connectivity index is 1.58. The van der Waals surface area contributed by atoms with Gasteiger partial charge in [0.15, 0.2) is 0 Å². The molecule has 0 heterocycles. The average molecular weight is 448 g/mol. The van der Waals surface area contributed by atoms with Gasteiger partial charge in [0.1, 0.15) is 6.54 Å². The SMILES string of the molecule is O=C(Cc1ccc(-c2ccccc2)cc1)Nc1ccc(S(=O)(=O)NCC(F)(F)F)cc1. The molecular formula is C22H19F3N2O3S. The lowest BCUT2D eigenvalue weighted by molar-refractivity contribution is -0.121. The van der Waals surface area contributed by atoms with E-state index >= 15 is 0 Å². The zero-order valence-corrected chi connectivity index (χ0v) is 17.0. The van der Waals surface area contributed by atoms with Crippen LogP contribution in [-0.4, -0.2) is 27.0 Å². The Hall–Kier alpha value is -3.17. The number of hydrogen-bond acceptors (Lipinski definition) is 3. The van der Waals surface area contributed by atoms with Gasteiger partial charge >= 0.3 is 6.18 Å². The standard InChI is InChI=1S/C22H19F3N2O3S/c23-22(24,25)15-26-31(29,30)20-12-10-19(11-13-20)27-21(28)14-16-6-8-18(9-7-16)17-4-2-1-3-5-17/h1-13,26H,14-15H2,(H,27,28). The van der Waals surface area contributed by atoms with Crippen LogP contribution in [-0.2, 0) is 21.2 Å². The van der Waals surface area contributed by atoms with Crippen molar-refractivity contribution in [3.05, 3.63) is 84.4 Å². The van der Waals surface area contributed by atoms with Gasteiger partial charge < -0.3 is 5.32 Å². The quantitative estimate of drug-likeness (QED) is 0.564. The van der Waals surface area contributed by atoms with Crippen LogP contribution < -0.4 is 10.0 Å². The molecule has 0 radical (unpaired) electrons. The number of carbonyl (C=O) groups is 1. The van der Waals surface area contributed by atoms with E-state index in [-0.39, 0.29) is 17.2 Å². The Labute approximate surface area is 178 Å². The Morgan fingerprint density at radius 2 is 1.39 bits per heavy atom. The number of hydrogen-bond donors (Lipinski definition) is 2. The van der Waals surface area contributed by atoms with Crippen LogP contribution >= 0.6 is 0 Å². The second-order valence-corrected chi connectivity index (χ2v) is 8.52. The molecule has 0 atom stereocenters. The summed E-state index contributed by atoms with van der Waals surface area (Å²) in [6.45, 7) is -1.66. The summed E-state index contributed by atoms with van der Waals surface area (Å²) in [6.07, 6.45) is -4.54. The molecule has 3 aromatic rings. The lowest BCUT2D eigenvalue weighted by atomic mass is 10.0. The van der Waals surface area contributed by atoms with Crippen molar-refractivity contribution in [2.24, 2.45) is 0 Å². The molecule has 0 saturated heterocycles. The van der Waals surface area contributed by atoms with Crippen molar-refractivity contribution in [2.75, 3.05) is 11.9 Å². The first-order valence-electron chi connectivity index (χ1n) is 9.23. The van der Waals surface area contributed by atoms with Crippen molar-refractivity contribution in [1.29, 1.82) is 0 Å². The number of benzene rings is 3. The maximum Gasteiger partial charge on any atom is 0.402 e. The van der Waals surface area contributed by atoms with Crippen molar-refractivity contribution >= 4 is 21.6 Å². The maximum absolute atomic E-state index is 12.3. The fourth-order valence-corrected chi connectivity index (χ4v) is 3.83. The molecule has 3 rings (SSSR count). The van der Waals surface area contributed by atoms with E-state index in [4.69, 9.17) is 0 Å². The van der Waals surface area contributed by atoms with Gasteiger partial charge in [-0.05, 0) is 41.0 Å². The highest BCUT2D eigenvalue weighted by Crippen LogP contribution is 2.20. The monoisotopic (exact) mass is 448 g/mol. The first-order chi connectivity index (χ1) is 14.6. The van der Waals surface area contributed by atoms with Crippen LogP contribution in [0.2, 0.25) is 0 Å². The summed E-state index contributed by atoms with van der Waals surface area (Å²) in [5.74, 6) is -0.307. The van der Waals surface area contributed by atoms with Gasteiger partial charge in [0.2, 0.25) is 15.9 Å². The number of sulfonamides is 1. The van der Waals surface area contributed by atoms with E-state index < -0.39 is 22.7 Å². The molecule has 0 aromatic heterocycles. The predicted molar refractivity (Wildman–Crippen MR) is 112 cm³/mol. The second kappa shape index (κ2) is 9.32. The topological polar surface area (TPSA) is 75.3 Å². The molecule has 0 unspecified atom stereocenters. The van der Waals surface area contributed by atoms with Crippen LogP contribution in [0.3, 0.4) is 0 Å². The largest absolute Gasteiger partial charge is 0.402 e. The van der Waals surface area contributed by atoms with Gasteiger partial charge in [-0.2, -0.15) is 13.2 Å². The van der Waals surface area contributed by atoms with Crippen LogP contribution in [0.25, 0.3) is 11.1 Å². The van der Waals surface area contributed by atoms with Gasteiger partial charge in [0.05, 0.1) is 11.3 Å². The maximum atomic E-state index is 12.3. The Morgan fingerprint density at radius 3 is 1.97 bits per heavy atom. The summed E-state index contributed by atoms with van der Waals surface area (Å²) in [5.41, 5.74) is 3.23. The second-order valence-electron chi connectivity index (χ2n) is 6.75. The third-order valence-corrected chi connectivity index (χ3v) is 5.75. The molecule has 2 N–H and O–H groups in total. The number of carbonyl (C=O) groups excluding carboxylic acids is 1. The first-order valence-corrected chi connectivity index (χ1v) is 10.7. The number of alkyl halides is 3. The van der Waals surface area contributed by atoms with Crippen molar-refractivity contribution in [3.8, 4) is 11.1 Å². The van der Waals surface area contributed by atoms with Crippen LogP contribution in [0.4, 0.5) is 18.9 Å². The molecule has 0 aliphatic rings. The molecule has 31 heavy (non-hydrogen) atoms. The van der Waals surface area contributed by atoms with Crippen LogP contribution in [0.5, 0.6) is 0 Å². The van der Waals surface area contributed by atoms with Crippen LogP contribution in [0.15, 0.2) is 83.8 Å². The summed E-state index contributed by atoms with van der Waals surface area (Å²) in [6, 6.07) is 22.2. The highest BCUT2D eigenvalue weighted by Gasteiger charge is 2.30. The zero-order chi connectivity index (χ0) is 22.5. The molecule has 0 aliphatic heterocycles. The number of amides is 1. The summed E-state index contributed by atoms with van der Waals surface area (Å²) in [7, 11) is -4.30. The molecule has 0 spiro atoms. The smallest absolute Gasteiger partial charge is 0.326 e. The summed E-state index contributed by atoms with van der Waals surface area (Å²) in [4.78, 5) is 11.9. The van der Waals surface area contributed by atoms with E-state index in [1.165, 1.54) is 16.9 Å². The molecule has 1 amide bonds. The summed E-state index contributed by atoms with van der Waals surface area (Å²) >= 11 is 0. The summed E-state index contributed by atoms with van der Waals surface area (Å²) < 4.78 is 61.9. The first kappa shape index (κ1) is 22.5. The fraction of sp³-hybridized carbons (Fsp3) is 0.136. The fourth-order valence-electron chi connectivity index (χ4n) is 2.81. The molecule has 3 aromatic carbocycles. The Kier molecular flexibility index (Phi) is 6.77. The van der Waals surface area contributed by atoms with E-state index in [1.54, 1.807) is 0 Å². The molecule has 0 fully saturated rings. The van der Waals surface area contributed by atoms with E-state index in [9.17, 15) is 26.4 Å². The van der Waals surface area contributed by atoms with Gasteiger partial charge in [-0.25, -0.2) is 13.1 Å². The third kappa shape index (κ3) is 6.66. The van der Waals surface area contributed by atoms with E-state index in [0.29, 0.717) is 5.69 Å². The van der Waals surface area contributed by atoms with E-state index in [0.717, 1.165) is 28.8 Å². The van der Waals surface area contributed by atoms with Crippen molar-refractivity contribution in [1.82, 2.24) is 4.72 Å². The average Bonchev–Trinajstić information content (AvgIpc) is 2.73. The molecular weight excluding hydrogens is 429 g/mol. The molecule has 0 aliphatic carbocycles. The minimum absolute atomic E-state index is 0.113. The zero-order valence-electron chi connectivity index (χ0n) is 16.2. The van der Waals surface area contributed by atoms with Crippen LogP contribution in [0.1, 0.15) is 5.56 Å². The minimum atomic E-state index is -4.65. The molecule has 162 valence electrons. The van der Waals surface area contributed by atoms with Gasteiger partial charge in [-0.15, -0.1) is 0 Å². The normalized spacial score (nSPS) is 11.8. The van der Waals surface area contributed by atoms with Crippen LogP contribution in [0, 0.1) is 0 Å². The highest BCUT2D eigenvalue weighted by molar-refractivity contribution is 7.89. The molecule has 9 heteroatoms. The highest BCUT2D eigenvalue weighted by atomic mass is 32.2. The molecule has 5 nitrogen and oxygen atoms in total. The Morgan fingerprint density at radius 1 is 0.806 bits per heavy atom. The van der Waals surface area contributed by atoms with E-state index in [2.05, 4.69) is 5.32 Å². The van der Waals surface area contributed by atoms with Crippen molar-refractivity contribution < 1.29 is 26.4 Å². The predicted octanol–water partition coefficient (Wildman–Crippen LogP) is 4.38. The lowest BCUT2D eigenvalue weighted by Crippen LogP contribution is -2.33. The Bertz CT molecular complexity index is 1130. The summed E-state index contributed by atoms with van der Waals surface area (Å²) in [5, 5.41) is 2.64. The minimum Gasteiger partial charge on any atom is -0.326 e. The number of rotatable bonds is 7. The third-order valence-electron chi connectivity index (χ3n) is 4.34. The van der Waals surface area contributed by atoms with Gasteiger partial charge in [0.25, 0.3) is 0 Å². The van der Waals surface area contributed by atoms with Crippen molar-refractivity contribution in [3.63, 3.8) is 0 Å². The van der Waals surface area contributed by atoms with Gasteiger partial charge in [-0.1, -0.05) is 54.6 Å². The van der Waals surface area contributed by atoms with E-state index in [1.807, 2.05) is 54.6 Å². The number of anilines is 1. The molecule has 0 saturated carbocycles. The lowest BCUT2D eigenvalue weighted by Gasteiger charge is -2.10. The number of halogens is 3. The number of nitrogens with one attached hydrogen (secondary N) is 2. The van der Waals surface area contributed by atoms with Crippen molar-refractivity contribution in [2.45, 2.75) is 17.5 Å².